The van der Waals surface area contributed by atoms with E-state index in [1.807, 2.05) is 30.3 Å². The summed E-state index contributed by atoms with van der Waals surface area (Å²) in [6.07, 6.45) is -0.790. The Morgan fingerprint density at radius 1 is 1.38 bits per heavy atom. The first-order valence-corrected chi connectivity index (χ1v) is 5.05. The number of hydrogen-bond donors (Lipinski definition) is 1. The van der Waals surface area contributed by atoms with Gasteiger partial charge in [0.2, 0.25) is 0 Å². The molecule has 0 bridgehead atoms. The topological polar surface area (TPSA) is 55.8 Å². The van der Waals surface area contributed by atoms with Crippen LogP contribution in [0.5, 0.6) is 0 Å². The SMILES string of the molecule is COCCC(C)(OC(=O)O)c1ccccc1. The number of methoxy groups -OCH3 is 1. The largest absolute Gasteiger partial charge is 0.506 e. The highest BCUT2D eigenvalue weighted by molar-refractivity contribution is 5.58. The van der Waals surface area contributed by atoms with Crippen LogP contribution in [0.25, 0.3) is 0 Å². The van der Waals surface area contributed by atoms with Crippen LogP contribution < -0.4 is 0 Å². The third kappa shape index (κ3) is 3.24. The lowest BCUT2D eigenvalue weighted by Crippen LogP contribution is -2.30. The van der Waals surface area contributed by atoms with Gasteiger partial charge in [-0.25, -0.2) is 4.79 Å². The van der Waals surface area contributed by atoms with E-state index in [-0.39, 0.29) is 0 Å². The number of hydrogen-bond acceptors (Lipinski definition) is 3. The van der Waals surface area contributed by atoms with Crippen molar-refractivity contribution in [3.63, 3.8) is 0 Å². The van der Waals surface area contributed by atoms with E-state index in [0.29, 0.717) is 13.0 Å². The summed E-state index contributed by atoms with van der Waals surface area (Å²) >= 11 is 0. The molecular formula is C12H16O4. The van der Waals surface area contributed by atoms with Gasteiger partial charge in [0.05, 0.1) is 6.61 Å². The predicted octanol–water partition coefficient (Wildman–Crippen LogP) is 2.63. The van der Waals surface area contributed by atoms with Crippen molar-refractivity contribution in [1.29, 1.82) is 0 Å². The second-order valence-corrected chi connectivity index (χ2v) is 3.71. The molecule has 4 heteroatoms. The van der Waals surface area contributed by atoms with E-state index < -0.39 is 11.8 Å². The Bertz CT molecular complexity index is 336. The van der Waals surface area contributed by atoms with Crippen molar-refractivity contribution >= 4 is 6.16 Å². The molecular weight excluding hydrogens is 208 g/mol. The first-order chi connectivity index (χ1) is 7.58. The summed E-state index contributed by atoms with van der Waals surface area (Å²) in [6.45, 7) is 2.19. The average Bonchev–Trinajstić information content (AvgIpc) is 2.27. The quantitative estimate of drug-likeness (QED) is 0.781. The maximum atomic E-state index is 10.7. The van der Waals surface area contributed by atoms with Gasteiger partial charge in [0, 0.05) is 13.5 Å². The van der Waals surface area contributed by atoms with Crippen LogP contribution in [-0.2, 0) is 15.1 Å². The molecule has 0 aromatic heterocycles. The number of rotatable bonds is 5. The lowest BCUT2D eigenvalue weighted by molar-refractivity contribution is -0.0283. The second-order valence-electron chi connectivity index (χ2n) is 3.71. The normalized spacial score (nSPS) is 14.1. The zero-order valence-corrected chi connectivity index (χ0v) is 9.47. The number of carbonyl (C=O) groups is 1. The standard InChI is InChI=1S/C12H16O4/c1-12(8-9-15-2,16-11(13)14)10-6-4-3-5-7-10/h3-7H,8-9H2,1-2H3,(H,13,14). The molecule has 0 spiro atoms. The molecule has 1 N–H and O–H groups in total. The molecule has 0 saturated heterocycles. The third-order valence-corrected chi connectivity index (χ3v) is 2.48. The lowest BCUT2D eigenvalue weighted by atomic mass is 9.92. The van der Waals surface area contributed by atoms with E-state index in [0.717, 1.165) is 5.56 Å². The molecule has 1 rings (SSSR count). The Balaban J connectivity index is 2.90. The van der Waals surface area contributed by atoms with Crippen LogP contribution in [0, 0.1) is 0 Å². The molecule has 0 saturated carbocycles. The molecule has 0 aliphatic carbocycles. The molecule has 0 heterocycles. The van der Waals surface area contributed by atoms with Crippen molar-refractivity contribution < 1.29 is 19.4 Å². The van der Waals surface area contributed by atoms with Gasteiger partial charge in [-0.1, -0.05) is 30.3 Å². The van der Waals surface area contributed by atoms with Crippen LogP contribution in [-0.4, -0.2) is 25.0 Å². The molecule has 0 amide bonds. The fraction of sp³-hybridized carbons (Fsp3) is 0.417. The Morgan fingerprint density at radius 2 is 2.00 bits per heavy atom. The molecule has 0 aliphatic heterocycles. The van der Waals surface area contributed by atoms with Crippen molar-refractivity contribution in [2.24, 2.45) is 0 Å². The highest BCUT2D eigenvalue weighted by Gasteiger charge is 2.30. The predicted molar refractivity (Wildman–Crippen MR) is 59.4 cm³/mol. The van der Waals surface area contributed by atoms with E-state index >= 15 is 0 Å². The van der Waals surface area contributed by atoms with Gasteiger partial charge in [-0.15, -0.1) is 0 Å². The highest BCUT2D eigenvalue weighted by atomic mass is 16.7. The molecule has 1 unspecified atom stereocenters. The Labute approximate surface area is 94.8 Å². The molecule has 1 aromatic carbocycles. The van der Waals surface area contributed by atoms with Crippen LogP contribution in [0.3, 0.4) is 0 Å². The number of ether oxygens (including phenoxy) is 2. The highest BCUT2D eigenvalue weighted by Crippen LogP contribution is 2.29. The number of benzene rings is 1. The van der Waals surface area contributed by atoms with Gasteiger partial charge in [-0.2, -0.15) is 0 Å². The molecule has 4 nitrogen and oxygen atoms in total. The van der Waals surface area contributed by atoms with Crippen LogP contribution in [0.2, 0.25) is 0 Å². The summed E-state index contributed by atoms with van der Waals surface area (Å²) in [5.74, 6) is 0. The molecule has 0 fully saturated rings. The summed E-state index contributed by atoms with van der Waals surface area (Å²) in [5.41, 5.74) is -0.0298. The van der Waals surface area contributed by atoms with E-state index in [1.165, 1.54) is 0 Å². The Kier molecular flexibility index (Phi) is 4.31. The zero-order chi connectivity index (χ0) is 12.0. The maximum Gasteiger partial charge on any atom is 0.506 e. The molecule has 0 radical (unpaired) electrons. The minimum absolute atomic E-state index is 0.443. The molecule has 0 aliphatic rings. The first-order valence-electron chi connectivity index (χ1n) is 5.05. The second kappa shape index (κ2) is 5.51. The van der Waals surface area contributed by atoms with Gasteiger partial charge >= 0.3 is 6.16 Å². The smallest absolute Gasteiger partial charge is 0.450 e. The summed E-state index contributed by atoms with van der Waals surface area (Å²) in [6, 6.07) is 9.27. The summed E-state index contributed by atoms with van der Waals surface area (Å²) in [7, 11) is 1.58. The Hall–Kier alpha value is -1.55. The minimum Gasteiger partial charge on any atom is -0.450 e. The molecule has 1 aromatic rings. The van der Waals surface area contributed by atoms with Gasteiger partial charge < -0.3 is 14.6 Å². The fourth-order valence-electron chi connectivity index (χ4n) is 1.53. The van der Waals surface area contributed by atoms with E-state index in [9.17, 15) is 4.79 Å². The van der Waals surface area contributed by atoms with Crippen molar-refractivity contribution in [3.8, 4) is 0 Å². The third-order valence-electron chi connectivity index (χ3n) is 2.48. The minimum atomic E-state index is -1.28. The Morgan fingerprint density at radius 3 is 2.50 bits per heavy atom. The first kappa shape index (κ1) is 12.5. The molecule has 88 valence electrons. The zero-order valence-electron chi connectivity index (χ0n) is 9.47. The van der Waals surface area contributed by atoms with Crippen molar-refractivity contribution in [2.75, 3.05) is 13.7 Å². The van der Waals surface area contributed by atoms with Gasteiger partial charge in [0.15, 0.2) is 0 Å². The summed E-state index contributed by atoms with van der Waals surface area (Å²) < 4.78 is 9.93. The van der Waals surface area contributed by atoms with Crippen LogP contribution in [0.15, 0.2) is 30.3 Å². The van der Waals surface area contributed by atoms with Gasteiger partial charge in [0.1, 0.15) is 5.60 Å². The van der Waals surface area contributed by atoms with Crippen LogP contribution >= 0.6 is 0 Å². The van der Waals surface area contributed by atoms with Crippen molar-refractivity contribution in [3.05, 3.63) is 35.9 Å². The van der Waals surface area contributed by atoms with Crippen LogP contribution in [0.4, 0.5) is 4.79 Å². The van der Waals surface area contributed by atoms with E-state index in [4.69, 9.17) is 14.6 Å². The van der Waals surface area contributed by atoms with E-state index in [1.54, 1.807) is 14.0 Å². The summed E-state index contributed by atoms with van der Waals surface area (Å²) in [4.78, 5) is 10.7. The average molecular weight is 224 g/mol. The maximum absolute atomic E-state index is 10.7. The molecule has 16 heavy (non-hydrogen) atoms. The van der Waals surface area contributed by atoms with Gasteiger partial charge in [-0.05, 0) is 12.5 Å². The lowest BCUT2D eigenvalue weighted by Gasteiger charge is -2.28. The number of carboxylic acid groups (broad SMARTS) is 1. The van der Waals surface area contributed by atoms with Crippen molar-refractivity contribution in [1.82, 2.24) is 0 Å². The van der Waals surface area contributed by atoms with Gasteiger partial charge in [-0.3, -0.25) is 0 Å². The van der Waals surface area contributed by atoms with Gasteiger partial charge in [0.25, 0.3) is 0 Å². The van der Waals surface area contributed by atoms with Crippen LogP contribution in [0.1, 0.15) is 18.9 Å². The molecule has 1 atom stereocenters. The summed E-state index contributed by atoms with van der Waals surface area (Å²) in [5, 5.41) is 8.75. The van der Waals surface area contributed by atoms with E-state index in [2.05, 4.69) is 0 Å². The fourth-order valence-corrected chi connectivity index (χ4v) is 1.53. The monoisotopic (exact) mass is 224 g/mol. The van der Waals surface area contributed by atoms with Crippen molar-refractivity contribution in [2.45, 2.75) is 18.9 Å².